The highest BCUT2D eigenvalue weighted by Crippen LogP contribution is 2.17. The lowest BCUT2D eigenvalue weighted by molar-refractivity contribution is -0.167. The van der Waals surface area contributed by atoms with E-state index in [0.29, 0.717) is 19.3 Å². The summed E-state index contributed by atoms with van der Waals surface area (Å²) in [5.41, 5.74) is 0. The maximum Gasteiger partial charge on any atom is 0.306 e. The third-order valence-electron chi connectivity index (χ3n) is 15.5. The average molecular weight is 1110 g/mol. The first-order valence-corrected chi connectivity index (χ1v) is 34.8. The molecule has 0 aliphatic carbocycles. The standard InChI is InChI=1S/C73H132O6/c1-4-7-10-13-16-19-22-25-28-31-33-34-35-36-37-38-40-42-45-48-51-54-57-60-63-66-72(75)78-69-70(68-77-71(74)65-62-59-56-53-50-47-44-41-30-27-24-21-18-15-12-9-6-3)79-73(76)67-64-61-58-55-52-49-46-43-39-32-29-26-23-20-17-14-11-8-5-2/h22,25-27,29-31,33,35-36,70H,4-21,23-24,28,32,34,37-69H2,1-3H3/b25-22-,29-26-,30-27-,33-31-,36-35-. The minimum Gasteiger partial charge on any atom is -0.462 e. The lowest BCUT2D eigenvalue weighted by Gasteiger charge is -2.18. The molecule has 0 radical (unpaired) electrons. The van der Waals surface area contributed by atoms with Crippen LogP contribution in [0.2, 0.25) is 0 Å². The van der Waals surface area contributed by atoms with E-state index in [1.165, 1.54) is 257 Å². The van der Waals surface area contributed by atoms with Crippen molar-refractivity contribution in [2.45, 2.75) is 374 Å². The van der Waals surface area contributed by atoms with Crippen molar-refractivity contribution in [2.24, 2.45) is 0 Å². The lowest BCUT2D eigenvalue weighted by Crippen LogP contribution is -2.30. The number of ether oxygens (including phenoxy) is 3. The van der Waals surface area contributed by atoms with Crippen LogP contribution in [0.4, 0.5) is 0 Å². The zero-order valence-corrected chi connectivity index (χ0v) is 52.9. The summed E-state index contributed by atoms with van der Waals surface area (Å²) < 4.78 is 17.0. The van der Waals surface area contributed by atoms with Gasteiger partial charge in [-0.2, -0.15) is 0 Å². The Bertz CT molecular complexity index is 1410. The van der Waals surface area contributed by atoms with Crippen LogP contribution in [-0.2, 0) is 28.6 Å². The molecule has 0 rings (SSSR count). The molecular weight excluding hydrogens is 973 g/mol. The van der Waals surface area contributed by atoms with Gasteiger partial charge in [0.25, 0.3) is 0 Å². The van der Waals surface area contributed by atoms with E-state index in [-0.39, 0.29) is 31.1 Å². The molecule has 0 saturated carbocycles. The maximum absolute atomic E-state index is 12.9. The van der Waals surface area contributed by atoms with E-state index in [9.17, 15) is 14.4 Å². The fourth-order valence-corrected chi connectivity index (χ4v) is 10.2. The number of rotatable bonds is 64. The Kier molecular flexibility index (Phi) is 65.1. The Morgan fingerprint density at radius 2 is 0.456 bits per heavy atom. The molecule has 0 heterocycles. The summed E-state index contributed by atoms with van der Waals surface area (Å²) in [5.74, 6) is -0.864. The Morgan fingerprint density at radius 1 is 0.253 bits per heavy atom. The molecule has 0 N–H and O–H groups in total. The summed E-state index contributed by atoms with van der Waals surface area (Å²) >= 11 is 0. The second-order valence-corrected chi connectivity index (χ2v) is 23.4. The quantitative estimate of drug-likeness (QED) is 0.0261. The second kappa shape index (κ2) is 67.6. The van der Waals surface area contributed by atoms with Gasteiger partial charge in [0.1, 0.15) is 13.2 Å². The van der Waals surface area contributed by atoms with Gasteiger partial charge in [-0.05, 0) is 109 Å². The molecule has 460 valence electrons. The van der Waals surface area contributed by atoms with Crippen LogP contribution in [-0.4, -0.2) is 37.2 Å². The molecule has 0 fully saturated rings. The number of hydrogen-bond donors (Lipinski definition) is 0. The van der Waals surface area contributed by atoms with Crippen molar-refractivity contribution in [3.63, 3.8) is 0 Å². The molecule has 0 amide bonds. The van der Waals surface area contributed by atoms with E-state index in [1.807, 2.05) is 0 Å². The number of carbonyl (C=O) groups is 3. The van der Waals surface area contributed by atoms with Gasteiger partial charge in [0.2, 0.25) is 0 Å². The largest absolute Gasteiger partial charge is 0.462 e. The van der Waals surface area contributed by atoms with Gasteiger partial charge >= 0.3 is 17.9 Å². The van der Waals surface area contributed by atoms with E-state index in [2.05, 4.69) is 81.5 Å². The second-order valence-electron chi connectivity index (χ2n) is 23.4. The molecule has 0 aromatic rings. The topological polar surface area (TPSA) is 78.9 Å². The normalized spacial score (nSPS) is 12.4. The van der Waals surface area contributed by atoms with E-state index < -0.39 is 6.10 Å². The molecular formula is C73H132O6. The summed E-state index contributed by atoms with van der Waals surface area (Å²) in [6.07, 6.45) is 86.6. The molecule has 0 bridgehead atoms. The number of allylic oxidation sites excluding steroid dienone is 10. The first-order valence-electron chi connectivity index (χ1n) is 34.8. The molecule has 0 spiro atoms. The smallest absolute Gasteiger partial charge is 0.306 e. The Labute approximate surface area is 491 Å². The first-order chi connectivity index (χ1) is 39.0. The van der Waals surface area contributed by atoms with Gasteiger partial charge in [-0.3, -0.25) is 14.4 Å². The van der Waals surface area contributed by atoms with E-state index in [1.54, 1.807) is 0 Å². The molecule has 0 aliphatic rings. The van der Waals surface area contributed by atoms with Crippen LogP contribution in [0.25, 0.3) is 0 Å². The minimum absolute atomic E-state index is 0.0760. The van der Waals surface area contributed by atoms with Gasteiger partial charge < -0.3 is 14.2 Å². The van der Waals surface area contributed by atoms with Gasteiger partial charge in [0.05, 0.1) is 0 Å². The third-order valence-corrected chi connectivity index (χ3v) is 15.5. The van der Waals surface area contributed by atoms with Crippen LogP contribution in [0, 0.1) is 0 Å². The molecule has 6 heteroatoms. The first kappa shape index (κ1) is 76.1. The highest BCUT2D eigenvalue weighted by atomic mass is 16.6. The third kappa shape index (κ3) is 65.8. The molecule has 0 aromatic carbocycles. The van der Waals surface area contributed by atoms with E-state index in [4.69, 9.17) is 14.2 Å². The van der Waals surface area contributed by atoms with Crippen molar-refractivity contribution in [3.8, 4) is 0 Å². The van der Waals surface area contributed by atoms with Crippen molar-refractivity contribution in [3.05, 3.63) is 60.8 Å². The summed E-state index contributed by atoms with van der Waals surface area (Å²) in [5, 5.41) is 0. The predicted molar refractivity (Wildman–Crippen MR) is 344 cm³/mol. The van der Waals surface area contributed by atoms with E-state index >= 15 is 0 Å². The molecule has 1 atom stereocenters. The number of hydrogen-bond acceptors (Lipinski definition) is 6. The van der Waals surface area contributed by atoms with Crippen LogP contribution < -0.4 is 0 Å². The summed E-state index contributed by atoms with van der Waals surface area (Å²) in [7, 11) is 0. The average Bonchev–Trinajstić information content (AvgIpc) is 3.45. The van der Waals surface area contributed by atoms with Gasteiger partial charge in [-0.1, -0.05) is 300 Å². The van der Waals surface area contributed by atoms with E-state index in [0.717, 1.165) is 70.6 Å². The Balaban J connectivity index is 4.34. The van der Waals surface area contributed by atoms with Crippen molar-refractivity contribution in [1.82, 2.24) is 0 Å². The highest BCUT2D eigenvalue weighted by Gasteiger charge is 2.19. The van der Waals surface area contributed by atoms with Gasteiger partial charge in [0.15, 0.2) is 6.10 Å². The Hall–Kier alpha value is -2.89. The molecule has 6 nitrogen and oxygen atoms in total. The van der Waals surface area contributed by atoms with Crippen molar-refractivity contribution in [2.75, 3.05) is 13.2 Å². The van der Waals surface area contributed by atoms with Gasteiger partial charge in [-0.15, -0.1) is 0 Å². The number of unbranched alkanes of at least 4 members (excludes halogenated alkanes) is 43. The van der Waals surface area contributed by atoms with Crippen LogP contribution in [0.1, 0.15) is 367 Å². The van der Waals surface area contributed by atoms with Crippen LogP contribution in [0.15, 0.2) is 60.8 Å². The Morgan fingerprint density at radius 3 is 0.722 bits per heavy atom. The maximum atomic E-state index is 12.9. The fraction of sp³-hybridized carbons (Fsp3) is 0.822. The van der Waals surface area contributed by atoms with Crippen LogP contribution in [0.3, 0.4) is 0 Å². The fourth-order valence-electron chi connectivity index (χ4n) is 10.2. The molecule has 0 aliphatic heterocycles. The zero-order chi connectivity index (χ0) is 57.1. The summed E-state index contributed by atoms with van der Waals surface area (Å²) in [6, 6.07) is 0. The van der Waals surface area contributed by atoms with Crippen molar-refractivity contribution >= 4 is 17.9 Å². The minimum atomic E-state index is -0.780. The molecule has 0 aromatic heterocycles. The molecule has 0 saturated heterocycles. The zero-order valence-electron chi connectivity index (χ0n) is 52.9. The highest BCUT2D eigenvalue weighted by molar-refractivity contribution is 5.71. The molecule has 79 heavy (non-hydrogen) atoms. The van der Waals surface area contributed by atoms with Crippen molar-refractivity contribution in [1.29, 1.82) is 0 Å². The number of carbonyl (C=O) groups excluding carboxylic acids is 3. The SMILES string of the molecule is CCCCCCC/C=C\C/C=C\C/C=C\CCCCCCCCCCCCC(=O)OCC(COC(=O)CCCCCCCCC/C=C\CCCCCCCC)OC(=O)CCCCCCCCCCC/C=C\CCCCCCCC. The summed E-state index contributed by atoms with van der Waals surface area (Å²) in [4.78, 5) is 38.4. The summed E-state index contributed by atoms with van der Waals surface area (Å²) in [6.45, 7) is 6.67. The monoisotopic (exact) mass is 1110 g/mol. The lowest BCUT2D eigenvalue weighted by atomic mass is 10.0. The predicted octanol–water partition coefficient (Wildman–Crippen LogP) is 23.9. The molecule has 1 unspecified atom stereocenters. The van der Waals surface area contributed by atoms with Crippen LogP contribution >= 0.6 is 0 Å². The van der Waals surface area contributed by atoms with Crippen molar-refractivity contribution < 1.29 is 28.6 Å². The van der Waals surface area contributed by atoms with Gasteiger partial charge in [-0.25, -0.2) is 0 Å². The number of esters is 3. The van der Waals surface area contributed by atoms with Crippen LogP contribution in [0.5, 0.6) is 0 Å². The van der Waals surface area contributed by atoms with Gasteiger partial charge in [0, 0.05) is 19.3 Å².